The van der Waals surface area contributed by atoms with Crippen molar-refractivity contribution in [3.8, 4) is 0 Å². The molecule has 0 aliphatic carbocycles. The highest BCUT2D eigenvalue weighted by Crippen LogP contribution is 2.31. The van der Waals surface area contributed by atoms with E-state index in [2.05, 4.69) is 25.8 Å². The summed E-state index contributed by atoms with van der Waals surface area (Å²) in [6.45, 7) is 3.36. The van der Waals surface area contributed by atoms with Gasteiger partial charge in [-0.15, -0.1) is 0 Å². The monoisotopic (exact) mass is 425 g/mol. The maximum atomic E-state index is 12.2. The van der Waals surface area contributed by atoms with E-state index in [1.807, 2.05) is 36.4 Å². The smallest absolute Gasteiger partial charge is 0.319 e. The molecular formula is C21H23N5O3S. The van der Waals surface area contributed by atoms with Gasteiger partial charge in [0.1, 0.15) is 0 Å². The lowest BCUT2D eigenvalue weighted by Gasteiger charge is -2.25. The van der Waals surface area contributed by atoms with Gasteiger partial charge in [-0.2, -0.15) is 0 Å². The van der Waals surface area contributed by atoms with Crippen molar-refractivity contribution in [1.82, 2.24) is 10.3 Å². The van der Waals surface area contributed by atoms with Crippen LogP contribution in [0.2, 0.25) is 0 Å². The first-order valence-corrected chi connectivity index (χ1v) is 10.6. The second-order valence-corrected chi connectivity index (χ2v) is 7.83. The first-order chi connectivity index (χ1) is 14.7. The van der Waals surface area contributed by atoms with E-state index in [9.17, 15) is 9.59 Å². The number of carbonyl (C=O) groups is 2. The Hall–Kier alpha value is -3.17. The number of ether oxygens (including phenoxy) is 1. The summed E-state index contributed by atoms with van der Waals surface area (Å²) in [4.78, 5) is 31.0. The summed E-state index contributed by atoms with van der Waals surface area (Å²) in [5.74, 6) is -0.160. The van der Waals surface area contributed by atoms with E-state index in [1.165, 1.54) is 0 Å². The highest BCUT2D eigenvalue weighted by atomic mass is 32.1. The molecule has 1 saturated heterocycles. The molecule has 0 spiro atoms. The number of para-hydroxylation sites is 1. The number of hydrogen-bond acceptors (Lipinski definition) is 6. The Morgan fingerprint density at radius 3 is 2.63 bits per heavy atom. The molecule has 1 aromatic heterocycles. The third-order valence-electron chi connectivity index (χ3n) is 4.61. The number of aromatic nitrogens is 1. The van der Waals surface area contributed by atoms with Gasteiger partial charge in [-0.3, -0.25) is 4.79 Å². The van der Waals surface area contributed by atoms with Crippen molar-refractivity contribution in [3.63, 3.8) is 0 Å². The molecule has 1 aliphatic heterocycles. The Morgan fingerprint density at radius 1 is 1.03 bits per heavy atom. The minimum absolute atomic E-state index is 0.160. The normalized spacial score (nSPS) is 13.8. The predicted octanol–water partition coefficient (Wildman–Crippen LogP) is 3.28. The van der Waals surface area contributed by atoms with Gasteiger partial charge in [0.05, 0.1) is 23.4 Å². The van der Waals surface area contributed by atoms with Crippen LogP contribution in [0, 0.1) is 0 Å². The zero-order chi connectivity index (χ0) is 20.8. The zero-order valence-electron chi connectivity index (χ0n) is 16.4. The molecule has 4 rings (SSSR count). The fourth-order valence-corrected chi connectivity index (χ4v) is 4.15. The average Bonchev–Trinajstić information content (AvgIpc) is 3.18. The molecule has 1 fully saturated rings. The Kier molecular flexibility index (Phi) is 6.41. The number of rotatable bonds is 6. The third-order valence-corrected chi connectivity index (χ3v) is 5.69. The Labute approximate surface area is 178 Å². The van der Waals surface area contributed by atoms with Crippen LogP contribution in [0.25, 0.3) is 10.2 Å². The fourth-order valence-electron chi connectivity index (χ4n) is 3.09. The van der Waals surface area contributed by atoms with Crippen molar-refractivity contribution in [2.75, 3.05) is 48.4 Å². The van der Waals surface area contributed by atoms with Crippen LogP contribution >= 0.6 is 11.3 Å². The standard InChI is InChI=1S/C21H23N5O3S/c27-19(8-9-22-20(28)24-15-4-2-1-3-5-15)23-16-6-7-17-18(14-16)30-21(25-17)26-10-12-29-13-11-26/h1-7,14H,8-13H2,(H,23,27)(H2,22,24,28). The van der Waals surface area contributed by atoms with E-state index in [0.717, 1.165) is 34.1 Å². The Balaban J connectivity index is 1.27. The van der Waals surface area contributed by atoms with Crippen LogP contribution in [-0.4, -0.2) is 49.8 Å². The number of nitrogens with one attached hydrogen (secondary N) is 3. The van der Waals surface area contributed by atoms with Gasteiger partial charge >= 0.3 is 6.03 Å². The number of urea groups is 1. The van der Waals surface area contributed by atoms with Crippen LogP contribution < -0.4 is 20.9 Å². The van der Waals surface area contributed by atoms with Gasteiger partial charge in [0.2, 0.25) is 5.91 Å². The number of fused-ring (bicyclic) bond motifs is 1. The molecule has 0 unspecified atom stereocenters. The average molecular weight is 426 g/mol. The van der Waals surface area contributed by atoms with Crippen LogP contribution in [0.15, 0.2) is 48.5 Å². The van der Waals surface area contributed by atoms with Crippen molar-refractivity contribution in [2.45, 2.75) is 6.42 Å². The van der Waals surface area contributed by atoms with Crippen molar-refractivity contribution >= 4 is 50.0 Å². The summed E-state index contributed by atoms with van der Waals surface area (Å²) in [6, 6.07) is 14.5. The molecule has 9 heteroatoms. The number of morpholine rings is 1. The molecule has 0 radical (unpaired) electrons. The number of anilines is 3. The van der Waals surface area contributed by atoms with Crippen molar-refractivity contribution in [2.24, 2.45) is 0 Å². The van der Waals surface area contributed by atoms with E-state index in [1.54, 1.807) is 23.5 Å². The summed E-state index contributed by atoms with van der Waals surface area (Å²) in [5, 5.41) is 9.26. The van der Waals surface area contributed by atoms with Crippen LogP contribution in [0.3, 0.4) is 0 Å². The molecule has 2 aromatic carbocycles. The second-order valence-electron chi connectivity index (χ2n) is 6.82. The lowest BCUT2D eigenvalue weighted by molar-refractivity contribution is -0.116. The van der Waals surface area contributed by atoms with Gasteiger partial charge in [-0.25, -0.2) is 9.78 Å². The molecule has 0 bridgehead atoms. The lowest BCUT2D eigenvalue weighted by Crippen LogP contribution is -2.36. The maximum absolute atomic E-state index is 12.2. The molecule has 156 valence electrons. The van der Waals surface area contributed by atoms with E-state index in [-0.39, 0.29) is 24.9 Å². The molecule has 3 aromatic rings. The van der Waals surface area contributed by atoms with Crippen molar-refractivity contribution in [3.05, 3.63) is 48.5 Å². The quantitative estimate of drug-likeness (QED) is 0.563. The molecule has 8 nitrogen and oxygen atoms in total. The van der Waals surface area contributed by atoms with Crippen LogP contribution in [0.4, 0.5) is 21.3 Å². The molecule has 2 heterocycles. The predicted molar refractivity (Wildman–Crippen MR) is 119 cm³/mol. The number of carbonyl (C=O) groups excluding carboxylic acids is 2. The summed E-state index contributed by atoms with van der Waals surface area (Å²) in [6.07, 6.45) is 0.183. The lowest BCUT2D eigenvalue weighted by atomic mass is 10.3. The molecule has 3 amide bonds. The number of nitrogens with zero attached hydrogens (tertiary/aromatic N) is 2. The minimum Gasteiger partial charge on any atom is -0.378 e. The molecule has 0 atom stereocenters. The number of thiazole rings is 1. The fraction of sp³-hybridized carbons (Fsp3) is 0.286. The van der Waals surface area contributed by atoms with Crippen LogP contribution in [0.5, 0.6) is 0 Å². The highest BCUT2D eigenvalue weighted by molar-refractivity contribution is 7.22. The van der Waals surface area contributed by atoms with Crippen molar-refractivity contribution in [1.29, 1.82) is 0 Å². The molecule has 0 saturated carbocycles. The number of benzene rings is 2. The van der Waals surface area contributed by atoms with E-state index < -0.39 is 0 Å². The number of amides is 3. The van der Waals surface area contributed by atoms with Crippen LogP contribution in [0.1, 0.15) is 6.42 Å². The highest BCUT2D eigenvalue weighted by Gasteiger charge is 2.15. The van der Waals surface area contributed by atoms with Crippen molar-refractivity contribution < 1.29 is 14.3 Å². The van der Waals surface area contributed by atoms with Gasteiger partial charge in [0, 0.05) is 37.4 Å². The largest absolute Gasteiger partial charge is 0.378 e. The molecule has 30 heavy (non-hydrogen) atoms. The van der Waals surface area contributed by atoms with E-state index in [0.29, 0.717) is 18.9 Å². The Morgan fingerprint density at radius 2 is 1.83 bits per heavy atom. The summed E-state index contributed by atoms with van der Waals surface area (Å²) >= 11 is 1.61. The molecular weight excluding hydrogens is 402 g/mol. The zero-order valence-corrected chi connectivity index (χ0v) is 17.2. The summed E-state index contributed by atoms with van der Waals surface area (Å²) in [5.41, 5.74) is 2.34. The van der Waals surface area contributed by atoms with Gasteiger partial charge < -0.3 is 25.6 Å². The minimum atomic E-state index is -0.337. The third kappa shape index (κ3) is 5.25. The summed E-state index contributed by atoms with van der Waals surface area (Å²) in [7, 11) is 0. The van der Waals surface area contributed by atoms with E-state index >= 15 is 0 Å². The molecule has 1 aliphatic rings. The SMILES string of the molecule is O=C(CCNC(=O)Nc1ccccc1)Nc1ccc2nc(N3CCOCC3)sc2c1. The van der Waals surface area contributed by atoms with Gasteiger partial charge in [0.25, 0.3) is 0 Å². The Bertz CT molecular complexity index is 1020. The second kappa shape index (κ2) is 9.55. The maximum Gasteiger partial charge on any atom is 0.319 e. The topological polar surface area (TPSA) is 95.6 Å². The first kappa shape index (κ1) is 20.1. The van der Waals surface area contributed by atoms with Gasteiger partial charge in [-0.1, -0.05) is 29.5 Å². The first-order valence-electron chi connectivity index (χ1n) is 9.80. The molecule has 3 N–H and O–H groups in total. The number of hydrogen-bond donors (Lipinski definition) is 3. The van der Waals surface area contributed by atoms with Gasteiger partial charge in [0.15, 0.2) is 5.13 Å². The van der Waals surface area contributed by atoms with E-state index in [4.69, 9.17) is 4.74 Å². The summed E-state index contributed by atoms with van der Waals surface area (Å²) < 4.78 is 6.42. The van der Waals surface area contributed by atoms with Crippen LogP contribution in [-0.2, 0) is 9.53 Å². The van der Waals surface area contributed by atoms with Gasteiger partial charge in [-0.05, 0) is 30.3 Å².